The predicted octanol–water partition coefficient (Wildman–Crippen LogP) is 4.22. The van der Waals surface area contributed by atoms with Crippen molar-refractivity contribution in [1.29, 1.82) is 0 Å². The Hall–Kier alpha value is -2.56. The summed E-state index contributed by atoms with van der Waals surface area (Å²) < 4.78 is 28.2. The van der Waals surface area contributed by atoms with Gasteiger partial charge in [0.25, 0.3) is 5.91 Å². The van der Waals surface area contributed by atoms with Crippen molar-refractivity contribution < 1.29 is 13.6 Å². The minimum absolute atomic E-state index is 0.0250. The van der Waals surface area contributed by atoms with Gasteiger partial charge in [0.05, 0.1) is 11.3 Å². The fourth-order valence-corrected chi connectivity index (χ4v) is 5.38. The Bertz CT molecular complexity index is 1080. The molecule has 0 saturated carbocycles. The third-order valence-corrected chi connectivity index (χ3v) is 6.89. The van der Waals surface area contributed by atoms with Crippen molar-refractivity contribution in [3.8, 4) is 10.6 Å². The molecule has 1 aromatic carbocycles. The second-order valence-corrected chi connectivity index (χ2v) is 9.47. The summed E-state index contributed by atoms with van der Waals surface area (Å²) in [4.78, 5) is 20.2. The number of nitrogens with zero attached hydrogens (tertiary/aromatic N) is 2. The number of thiophene rings is 1. The molecule has 0 radical (unpaired) electrons. The van der Waals surface area contributed by atoms with Crippen LogP contribution in [0.3, 0.4) is 0 Å². The molecule has 0 bridgehead atoms. The van der Waals surface area contributed by atoms with Crippen molar-refractivity contribution in [3.05, 3.63) is 46.5 Å². The first kappa shape index (κ1) is 20.7. The van der Waals surface area contributed by atoms with Crippen LogP contribution in [0.4, 0.5) is 24.5 Å². The topological polar surface area (TPSA) is 97.3 Å². The molecule has 1 amide bonds. The first-order valence-corrected chi connectivity index (χ1v) is 11.1. The van der Waals surface area contributed by atoms with E-state index in [1.165, 1.54) is 6.07 Å². The number of aryl methyl sites for hydroxylation is 1. The Kier molecular flexibility index (Phi) is 5.72. The lowest BCUT2D eigenvalue weighted by atomic mass is 10.1. The highest BCUT2D eigenvalue weighted by molar-refractivity contribution is 7.19. The molecule has 10 heteroatoms. The second kappa shape index (κ2) is 8.29. The van der Waals surface area contributed by atoms with E-state index >= 15 is 0 Å². The number of halogens is 2. The zero-order chi connectivity index (χ0) is 21.4. The van der Waals surface area contributed by atoms with Gasteiger partial charge in [0.15, 0.2) is 5.69 Å². The van der Waals surface area contributed by atoms with Crippen LogP contribution >= 0.6 is 22.7 Å². The quantitative estimate of drug-likeness (QED) is 0.554. The number of nitrogens with one attached hydrogen (secondary N) is 1. The van der Waals surface area contributed by atoms with Crippen molar-refractivity contribution in [2.45, 2.75) is 25.8 Å². The summed E-state index contributed by atoms with van der Waals surface area (Å²) in [5.74, 6) is -2.03. The lowest BCUT2D eigenvalue weighted by Crippen LogP contribution is -2.42. The Balaban J connectivity index is 1.61. The number of nitrogen functional groups attached to an aromatic ring is 1. The van der Waals surface area contributed by atoms with Crippen LogP contribution < -0.4 is 21.7 Å². The number of benzene rings is 1. The molecule has 1 unspecified atom stereocenters. The van der Waals surface area contributed by atoms with Gasteiger partial charge in [-0.2, -0.15) is 0 Å². The summed E-state index contributed by atoms with van der Waals surface area (Å²) in [6.07, 6.45) is 1.97. The van der Waals surface area contributed by atoms with Crippen molar-refractivity contribution in [2.75, 3.05) is 29.0 Å². The highest BCUT2D eigenvalue weighted by Crippen LogP contribution is 2.38. The maximum Gasteiger partial charge on any atom is 0.277 e. The average Bonchev–Trinajstić information content (AvgIpc) is 3.24. The van der Waals surface area contributed by atoms with E-state index in [1.807, 2.05) is 13.0 Å². The molecule has 0 aliphatic carbocycles. The van der Waals surface area contributed by atoms with E-state index in [-0.39, 0.29) is 27.3 Å². The molecule has 6 nitrogen and oxygen atoms in total. The van der Waals surface area contributed by atoms with Crippen LogP contribution in [-0.2, 0) is 0 Å². The number of carbonyl (C=O) groups excluding carboxylic acids is 1. The van der Waals surface area contributed by atoms with Gasteiger partial charge in [-0.3, -0.25) is 4.79 Å². The van der Waals surface area contributed by atoms with Gasteiger partial charge in [-0.05, 0) is 38.0 Å². The molecule has 1 aliphatic rings. The number of hydrogen-bond acceptors (Lipinski definition) is 7. The van der Waals surface area contributed by atoms with E-state index < -0.39 is 17.5 Å². The van der Waals surface area contributed by atoms with E-state index in [2.05, 4.69) is 15.2 Å². The van der Waals surface area contributed by atoms with Gasteiger partial charge in [0, 0.05) is 24.0 Å². The Labute approximate surface area is 180 Å². The van der Waals surface area contributed by atoms with Crippen LogP contribution in [0, 0.1) is 18.6 Å². The Morgan fingerprint density at radius 1 is 1.30 bits per heavy atom. The average molecular weight is 450 g/mol. The van der Waals surface area contributed by atoms with Gasteiger partial charge in [0.2, 0.25) is 0 Å². The third kappa shape index (κ3) is 4.03. The van der Waals surface area contributed by atoms with Crippen molar-refractivity contribution >= 4 is 44.3 Å². The molecular weight excluding hydrogens is 428 g/mol. The van der Waals surface area contributed by atoms with Crippen molar-refractivity contribution in [3.63, 3.8) is 0 Å². The van der Waals surface area contributed by atoms with Crippen LogP contribution in [0.1, 0.15) is 28.2 Å². The normalized spacial score (nSPS) is 16.7. The maximum atomic E-state index is 14.1. The number of carbonyl (C=O) groups is 1. The fraction of sp³-hybridized carbons (Fsp3) is 0.300. The molecule has 3 aromatic rings. The standard InChI is InChI=1S/C20H21F2N5OS2/c1-10-8-14(20(29-10)27-7-3-4-11(23)9-27)25-18(28)16-17(24)30-19(26-16)15-12(21)5-2-6-13(15)22/h2,5-6,8,11H,3-4,7,9,23-24H2,1H3,(H,25,28). The molecule has 5 N–H and O–H groups in total. The number of nitrogens with two attached hydrogens (primary N) is 2. The lowest BCUT2D eigenvalue weighted by molar-refractivity contribution is 0.102. The van der Waals surface area contributed by atoms with Crippen LogP contribution in [0.25, 0.3) is 10.6 Å². The van der Waals surface area contributed by atoms with E-state index in [1.54, 1.807) is 11.3 Å². The highest BCUT2D eigenvalue weighted by atomic mass is 32.1. The van der Waals surface area contributed by atoms with Crippen LogP contribution in [0.15, 0.2) is 24.3 Å². The molecule has 30 heavy (non-hydrogen) atoms. The van der Waals surface area contributed by atoms with Gasteiger partial charge in [0.1, 0.15) is 26.6 Å². The molecule has 0 spiro atoms. The van der Waals surface area contributed by atoms with Gasteiger partial charge in [-0.1, -0.05) is 17.4 Å². The monoisotopic (exact) mass is 449 g/mol. The first-order chi connectivity index (χ1) is 14.3. The van der Waals surface area contributed by atoms with Crippen LogP contribution in [-0.4, -0.2) is 30.0 Å². The summed E-state index contributed by atoms with van der Waals surface area (Å²) in [7, 11) is 0. The number of aromatic nitrogens is 1. The number of hydrogen-bond donors (Lipinski definition) is 3. The molecule has 1 saturated heterocycles. The van der Waals surface area contributed by atoms with Gasteiger partial charge >= 0.3 is 0 Å². The summed E-state index contributed by atoms with van der Waals surface area (Å²) in [5.41, 5.74) is 12.4. The lowest BCUT2D eigenvalue weighted by Gasteiger charge is -2.32. The third-order valence-electron chi connectivity index (χ3n) is 4.87. The number of thiazole rings is 1. The summed E-state index contributed by atoms with van der Waals surface area (Å²) >= 11 is 2.45. The maximum absolute atomic E-state index is 14.1. The highest BCUT2D eigenvalue weighted by Gasteiger charge is 2.25. The van der Waals surface area contributed by atoms with E-state index in [9.17, 15) is 13.6 Å². The summed E-state index contributed by atoms with van der Waals surface area (Å²) in [5, 5.41) is 3.92. The van der Waals surface area contributed by atoms with E-state index in [4.69, 9.17) is 11.5 Å². The van der Waals surface area contributed by atoms with E-state index in [0.717, 1.165) is 59.3 Å². The zero-order valence-electron chi connectivity index (χ0n) is 16.2. The zero-order valence-corrected chi connectivity index (χ0v) is 17.9. The molecule has 1 atom stereocenters. The number of rotatable bonds is 4. The predicted molar refractivity (Wildman–Crippen MR) is 118 cm³/mol. The Morgan fingerprint density at radius 3 is 2.73 bits per heavy atom. The van der Waals surface area contributed by atoms with Gasteiger partial charge < -0.3 is 21.7 Å². The number of piperidine rings is 1. The van der Waals surface area contributed by atoms with E-state index in [0.29, 0.717) is 5.69 Å². The van der Waals surface area contributed by atoms with Crippen LogP contribution in [0.2, 0.25) is 0 Å². The summed E-state index contributed by atoms with van der Waals surface area (Å²) in [6.45, 7) is 3.55. The Morgan fingerprint density at radius 2 is 2.03 bits per heavy atom. The second-order valence-electron chi connectivity index (χ2n) is 7.21. The fourth-order valence-electron chi connectivity index (χ4n) is 3.51. The number of amides is 1. The molecular formula is C20H21F2N5OS2. The minimum atomic E-state index is -0.757. The number of anilines is 3. The van der Waals surface area contributed by atoms with Crippen molar-refractivity contribution in [2.24, 2.45) is 5.73 Å². The summed E-state index contributed by atoms with van der Waals surface area (Å²) in [6, 6.07) is 5.53. The molecule has 1 fully saturated rings. The molecule has 2 aromatic heterocycles. The van der Waals surface area contributed by atoms with Crippen LogP contribution in [0.5, 0.6) is 0 Å². The molecule has 158 valence electrons. The molecule has 4 rings (SSSR count). The SMILES string of the molecule is Cc1cc(NC(=O)c2nc(-c3c(F)cccc3F)sc2N)c(N2CCCC(N)C2)s1. The van der Waals surface area contributed by atoms with Crippen molar-refractivity contribution in [1.82, 2.24) is 4.98 Å². The molecule has 3 heterocycles. The first-order valence-electron chi connectivity index (χ1n) is 9.46. The van der Waals surface area contributed by atoms with Gasteiger partial charge in [-0.15, -0.1) is 11.3 Å². The molecule has 1 aliphatic heterocycles. The van der Waals surface area contributed by atoms with Gasteiger partial charge in [-0.25, -0.2) is 13.8 Å². The largest absolute Gasteiger partial charge is 0.389 e. The smallest absolute Gasteiger partial charge is 0.277 e. The minimum Gasteiger partial charge on any atom is -0.389 e.